The summed E-state index contributed by atoms with van der Waals surface area (Å²) in [7, 11) is 0. The van der Waals surface area contributed by atoms with E-state index in [1.54, 1.807) is 0 Å². The lowest BCUT2D eigenvalue weighted by molar-refractivity contribution is -0.114. The van der Waals surface area contributed by atoms with E-state index in [0.29, 0.717) is 6.04 Å². The van der Waals surface area contributed by atoms with E-state index in [9.17, 15) is 9.59 Å². The van der Waals surface area contributed by atoms with Crippen LogP contribution in [0, 0.1) is 6.92 Å². The minimum atomic E-state index is -0.114. The van der Waals surface area contributed by atoms with Crippen molar-refractivity contribution in [2.45, 2.75) is 13.0 Å². The number of carbonyl (C=O) groups excluding carboxylic acids is 2. The Morgan fingerprint density at radius 3 is 2.04 bits per heavy atom. The smallest absolute Gasteiger partial charge is 0.234 e. The molecule has 142 valence electrons. The summed E-state index contributed by atoms with van der Waals surface area (Å²) in [5.74, 6) is 0.243. The third kappa shape index (κ3) is 6.09. The van der Waals surface area contributed by atoms with Crippen LogP contribution < -0.4 is 21.3 Å². The van der Waals surface area contributed by atoms with E-state index in [1.165, 1.54) is 17.3 Å². The first-order chi connectivity index (χ1) is 13.1. The van der Waals surface area contributed by atoms with Crippen LogP contribution in [0.1, 0.15) is 17.2 Å². The van der Waals surface area contributed by atoms with Crippen LogP contribution in [0.3, 0.4) is 0 Å². The lowest BCUT2D eigenvalue weighted by Crippen LogP contribution is -2.18. The number of carbonyl (C=O) groups is 2. The van der Waals surface area contributed by atoms with Crippen LogP contribution in [-0.2, 0) is 9.59 Å². The SMILES string of the molecule is Cc1ccc(NC(=O)CSCC(=O)Nc2ccc(C3CNCN3)cc2)cc1. The Hall–Kier alpha value is -2.35. The van der Waals surface area contributed by atoms with E-state index in [0.717, 1.165) is 30.2 Å². The zero-order chi connectivity index (χ0) is 19.1. The first kappa shape index (κ1) is 19.4. The van der Waals surface area contributed by atoms with Gasteiger partial charge in [-0.25, -0.2) is 0 Å². The molecule has 3 rings (SSSR count). The number of benzene rings is 2. The molecule has 1 unspecified atom stereocenters. The first-order valence-electron chi connectivity index (χ1n) is 8.88. The van der Waals surface area contributed by atoms with Crippen LogP contribution in [0.25, 0.3) is 0 Å². The Bertz CT molecular complexity index is 772. The molecule has 0 aliphatic carbocycles. The monoisotopic (exact) mass is 384 g/mol. The van der Waals surface area contributed by atoms with Gasteiger partial charge in [0.1, 0.15) is 0 Å². The van der Waals surface area contributed by atoms with E-state index in [1.807, 2.05) is 55.5 Å². The minimum Gasteiger partial charge on any atom is -0.325 e. The summed E-state index contributed by atoms with van der Waals surface area (Å²) in [6.07, 6.45) is 0. The van der Waals surface area contributed by atoms with Crippen molar-refractivity contribution in [2.75, 3.05) is 35.4 Å². The van der Waals surface area contributed by atoms with Crippen molar-refractivity contribution in [1.82, 2.24) is 10.6 Å². The van der Waals surface area contributed by atoms with Crippen molar-refractivity contribution in [3.8, 4) is 0 Å². The summed E-state index contributed by atoms with van der Waals surface area (Å²) in [5.41, 5.74) is 3.87. The van der Waals surface area contributed by atoms with Gasteiger partial charge in [0, 0.05) is 30.6 Å². The molecule has 0 radical (unpaired) electrons. The predicted molar refractivity (Wildman–Crippen MR) is 111 cm³/mol. The standard InChI is InChI=1S/C20H24N4O2S/c1-14-2-6-16(7-3-14)23-19(25)11-27-12-20(26)24-17-8-4-15(5-9-17)18-10-21-13-22-18/h2-9,18,21-22H,10-13H2,1H3,(H,23,25)(H,24,26). The molecule has 1 saturated heterocycles. The van der Waals surface area contributed by atoms with Gasteiger partial charge in [-0.1, -0.05) is 29.8 Å². The molecular weight excluding hydrogens is 360 g/mol. The van der Waals surface area contributed by atoms with Crippen LogP contribution in [-0.4, -0.2) is 36.5 Å². The largest absolute Gasteiger partial charge is 0.325 e. The minimum absolute atomic E-state index is 0.112. The molecule has 6 nitrogen and oxygen atoms in total. The Morgan fingerprint density at radius 2 is 1.52 bits per heavy atom. The van der Waals surface area contributed by atoms with Gasteiger partial charge < -0.3 is 16.0 Å². The lowest BCUT2D eigenvalue weighted by Gasteiger charge is -2.11. The number of amides is 2. The molecule has 0 bridgehead atoms. The third-order valence-corrected chi connectivity index (χ3v) is 5.15. The van der Waals surface area contributed by atoms with Crippen LogP contribution in [0.2, 0.25) is 0 Å². The van der Waals surface area contributed by atoms with Gasteiger partial charge in [0.15, 0.2) is 0 Å². The number of thioether (sulfide) groups is 1. The normalized spacial score (nSPS) is 16.1. The highest BCUT2D eigenvalue weighted by Gasteiger charge is 2.15. The number of hydrogen-bond donors (Lipinski definition) is 4. The van der Waals surface area contributed by atoms with Crippen molar-refractivity contribution < 1.29 is 9.59 Å². The van der Waals surface area contributed by atoms with Gasteiger partial charge in [-0.2, -0.15) is 0 Å². The fourth-order valence-electron chi connectivity index (χ4n) is 2.79. The summed E-state index contributed by atoms with van der Waals surface area (Å²) in [6, 6.07) is 15.8. The van der Waals surface area contributed by atoms with Gasteiger partial charge in [-0.3, -0.25) is 14.9 Å². The maximum Gasteiger partial charge on any atom is 0.234 e. The zero-order valence-corrected chi connectivity index (χ0v) is 16.1. The number of aryl methyl sites for hydroxylation is 1. The van der Waals surface area contributed by atoms with Crippen LogP contribution in [0.5, 0.6) is 0 Å². The molecule has 4 N–H and O–H groups in total. The molecule has 2 aromatic rings. The predicted octanol–water partition coefficient (Wildman–Crippen LogP) is 2.50. The number of anilines is 2. The molecule has 7 heteroatoms. The second kappa shape index (κ2) is 9.55. The summed E-state index contributed by atoms with van der Waals surface area (Å²) >= 11 is 1.29. The third-order valence-electron chi connectivity index (χ3n) is 4.22. The van der Waals surface area contributed by atoms with Crippen LogP contribution in [0.15, 0.2) is 48.5 Å². The average Bonchev–Trinajstić information content (AvgIpc) is 3.19. The number of hydrogen-bond acceptors (Lipinski definition) is 5. The fourth-order valence-corrected chi connectivity index (χ4v) is 3.40. The second-order valence-electron chi connectivity index (χ2n) is 6.46. The molecule has 1 atom stereocenters. The quantitative estimate of drug-likeness (QED) is 0.590. The zero-order valence-electron chi connectivity index (χ0n) is 15.2. The highest BCUT2D eigenvalue weighted by molar-refractivity contribution is 8.00. The number of nitrogens with one attached hydrogen (secondary N) is 4. The summed E-state index contributed by atoms with van der Waals surface area (Å²) < 4.78 is 0. The summed E-state index contributed by atoms with van der Waals surface area (Å²) in [4.78, 5) is 24.0. The molecule has 1 fully saturated rings. The molecule has 1 heterocycles. The lowest BCUT2D eigenvalue weighted by atomic mass is 10.1. The van der Waals surface area contributed by atoms with E-state index >= 15 is 0 Å². The highest BCUT2D eigenvalue weighted by Crippen LogP contribution is 2.18. The van der Waals surface area contributed by atoms with Gasteiger partial charge in [0.05, 0.1) is 11.5 Å². The first-order valence-corrected chi connectivity index (χ1v) is 10.0. The molecular formula is C20H24N4O2S. The molecule has 2 amide bonds. The Kier molecular flexibility index (Phi) is 6.86. The molecule has 0 saturated carbocycles. The summed E-state index contributed by atoms with van der Waals surface area (Å²) in [6.45, 7) is 3.72. The van der Waals surface area contributed by atoms with Crippen LogP contribution >= 0.6 is 11.8 Å². The Morgan fingerprint density at radius 1 is 0.963 bits per heavy atom. The van der Waals surface area contributed by atoms with Crippen molar-refractivity contribution in [3.63, 3.8) is 0 Å². The van der Waals surface area contributed by atoms with Gasteiger partial charge in [-0.05, 0) is 36.8 Å². The highest BCUT2D eigenvalue weighted by atomic mass is 32.2. The molecule has 0 spiro atoms. The second-order valence-corrected chi connectivity index (χ2v) is 7.45. The molecule has 0 aromatic heterocycles. The van der Waals surface area contributed by atoms with Gasteiger partial charge in [0.2, 0.25) is 11.8 Å². The number of rotatable bonds is 7. The Labute approximate surface area is 163 Å². The maximum absolute atomic E-state index is 12.0. The van der Waals surface area contributed by atoms with E-state index in [-0.39, 0.29) is 23.3 Å². The summed E-state index contributed by atoms with van der Waals surface area (Å²) in [5, 5.41) is 12.3. The van der Waals surface area contributed by atoms with Gasteiger partial charge >= 0.3 is 0 Å². The van der Waals surface area contributed by atoms with Crippen molar-refractivity contribution in [2.24, 2.45) is 0 Å². The van der Waals surface area contributed by atoms with Crippen LogP contribution in [0.4, 0.5) is 11.4 Å². The molecule has 1 aliphatic rings. The van der Waals surface area contributed by atoms with E-state index in [4.69, 9.17) is 0 Å². The Balaban J connectivity index is 1.37. The molecule has 2 aromatic carbocycles. The van der Waals surface area contributed by atoms with Gasteiger partial charge in [0.25, 0.3) is 0 Å². The average molecular weight is 385 g/mol. The molecule has 1 aliphatic heterocycles. The molecule has 27 heavy (non-hydrogen) atoms. The fraction of sp³-hybridized carbons (Fsp3) is 0.300. The van der Waals surface area contributed by atoms with Crippen molar-refractivity contribution >= 4 is 35.0 Å². The topological polar surface area (TPSA) is 82.3 Å². The van der Waals surface area contributed by atoms with Gasteiger partial charge in [-0.15, -0.1) is 11.8 Å². The van der Waals surface area contributed by atoms with Crippen molar-refractivity contribution in [1.29, 1.82) is 0 Å². The van der Waals surface area contributed by atoms with E-state index in [2.05, 4.69) is 21.3 Å². The van der Waals surface area contributed by atoms with E-state index < -0.39 is 0 Å². The maximum atomic E-state index is 12.0. The van der Waals surface area contributed by atoms with Crippen molar-refractivity contribution in [3.05, 3.63) is 59.7 Å².